The Hall–Kier alpha value is -1.95. The van der Waals surface area contributed by atoms with E-state index in [0.717, 1.165) is 21.6 Å². The second kappa shape index (κ2) is 8.82. The third-order valence-corrected chi connectivity index (χ3v) is 8.01. The zero-order valence-electron chi connectivity index (χ0n) is 17.6. The lowest BCUT2D eigenvalue weighted by atomic mass is 9.87. The molecule has 0 fully saturated rings. The fourth-order valence-corrected chi connectivity index (χ4v) is 5.60. The van der Waals surface area contributed by atoms with Gasteiger partial charge >= 0.3 is 0 Å². The fraction of sp³-hybridized carbons (Fsp3) is 0.333. The zero-order chi connectivity index (χ0) is 21.1. The lowest BCUT2D eigenvalue weighted by Crippen LogP contribution is -2.32. The van der Waals surface area contributed by atoms with Crippen LogP contribution < -0.4 is 0 Å². The summed E-state index contributed by atoms with van der Waals surface area (Å²) < 4.78 is 28.6. The Kier molecular flexibility index (Phi) is 6.62. The summed E-state index contributed by atoms with van der Waals surface area (Å²) in [7, 11) is -3.59. The third-order valence-electron chi connectivity index (χ3n) is 5.14. The smallest absolute Gasteiger partial charge is 0.207 e. The highest BCUT2D eigenvalue weighted by Gasteiger charge is 2.26. The molecule has 5 heteroatoms. The minimum Gasteiger partial charge on any atom is -0.207 e. The maximum Gasteiger partial charge on any atom is 0.243 e. The Morgan fingerprint density at radius 1 is 0.931 bits per heavy atom. The Morgan fingerprint density at radius 2 is 1.59 bits per heavy atom. The van der Waals surface area contributed by atoms with Gasteiger partial charge in [-0.05, 0) is 59.0 Å². The van der Waals surface area contributed by atoms with Crippen LogP contribution in [0.4, 0.5) is 0 Å². The van der Waals surface area contributed by atoms with E-state index in [9.17, 15) is 8.42 Å². The highest BCUT2D eigenvalue weighted by Crippen LogP contribution is 2.27. The Bertz CT molecular complexity index is 1030. The van der Waals surface area contributed by atoms with E-state index in [1.54, 1.807) is 27.8 Å². The SMILES string of the molecule is Cc1ccsc1CN(CCc1ccccc1)S(=O)(=O)c1ccc(C(C)(C)C)cc1. The van der Waals surface area contributed by atoms with Gasteiger partial charge in [-0.15, -0.1) is 11.3 Å². The van der Waals surface area contributed by atoms with Gasteiger partial charge in [-0.3, -0.25) is 0 Å². The second-order valence-electron chi connectivity index (χ2n) is 8.38. The monoisotopic (exact) mass is 427 g/mol. The van der Waals surface area contributed by atoms with Gasteiger partial charge in [0.05, 0.1) is 4.90 Å². The summed E-state index contributed by atoms with van der Waals surface area (Å²) in [6.45, 7) is 9.27. The molecule has 0 atom stereocenters. The number of thiophene rings is 1. The van der Waals surface area contributed by atoms with Gasteiger partial charge in [-0.25, -0.2) is 8.42 Å². The van der Waals surface area contributed by atoms with Crippen LogP contribution in [0, 0.1) is 6.92 Å². The molecule has 3 aromatic rings. The first kappa shape index (κ1) is 21.8. The molecule has 0 aliphatic rings. The predicted molar refractivity (Wildman–Crippen MR) is 122 cm³/mol. The molecule has 2 aromatic carbocycles. The number of rotatable bonds is 7. The van der Waals surface area contributed by atoms with Crippen LogP contribution in [0.15, 0.2) is 70.9 Å². The molecule has 0 unspecified atom stereocenters. The van der Waals surface area contributed by atoms with Crippen molar-refractivity contribution >= 4 is 21.4 Å². The molecule has 0 bridgehead atoms. The maximum absolute atomic E-state index is 13.5. The third kappa shape index (κ3) is 5.35. The first-order valence-electron chi connectivity index (χ1n) is 9.85. The first-order chi connectivity index (χ1) is 13.7. The first-order valence-corrected chi connectivity index (χ1v) is 12.2. The number of aryl methyl sites for hydroxylation is 1. The number of benzene rings is 2. The van der Waals surface area contributed by atoms with E-state index >= 15 is 0 Å². The predicted octanol–water partition coefficient (Wildman–Crippen LogP) is 5.79. The van der Waals surface area contributed by atoms with Crippen LogP contribution in [0.2, 0.25) is 0 Å². The maximum atomic E-state index is 13.5. The van der Waals surface area contributed by atoms with Crippen LogP contribution in [-0.4, -0.2) is 19.3 Å². The van der Waals surface area contributed by atoms with Crippen molar-refractivity contribution < 1.29 is 8.42 Å². The molecule has 1 heterocycles. The number of hydrogen-bond donors (Lipinski definition) is 0. The highest BCUT2D eigenvalue weighted by atomic mass is 32.2. The molecule has 0 spiro atoms. The molecule has 0 radical (unpaired) electrons. The van der Waals surface area contributed by atoms with Gasteiger partial charge in [-0.2, -0.15) is 4.31 Å². The average Bonchev–Trinajstić information content (AvgIpc) is 3.10. The van der Waals surface area contributed by atoms with E-state index in [1.165, 1.54) is 0 Å². The lowest BCUT2D eigenvalue weighted by Gasteiger charge is -2.23. The van der Waals surface area contributed by atoms with Crippen molar-refractivity contribution in [1.29, 1.82) is 0 Å². The van der Waals surface area contributed by atoms with Crippen LogP contribution in [0.3, 0.4) is 0 Å². The molecular formula is C24H29NO2S2. The van der Waals surface area contributed by atoms with Crippen LogP contribution in [-0.2, 0) is 28.4 Å². The molecule has 0 saturated heterocycles. The van der Waals surface area contributed by atoms with Gasteiger partial charge in [0.2, 0.25) is 10.0 Å². The van der Waals surface area contributed by atoms with Crippen molar-refractivity contribution in [3.05, 3.63) is 87.6 Å². The second-order valence-corrected chi connectivity index (χ2v) is 11.3. The fourth-order valence-electron chi connectivity index (χ4n) is 3.18. The summed E-state index contributed by atoms with van der Waals surface area (Å²) in [5.74, 6) is 0. The van der Waals surface area contributed by atoms with Gasteiger partial charge in [0.1, 0.15) is 0 Å². The van der Waals surface area contributed by atoms with E-state index in [0.29, 0.717) is 24.4 Å². The molecule has 154 valence electrons. The number of nitrogens with zero attached hydrogens (tertiary/aromatic N) is 1. The van der Waals surface area contributed by atoms with Crippen molar-refractivity contribution in [3.63, 3.8) is 0 Å². The van der Waals surface area contributed by atoms with Crippen molar-refractivity contribution in [2.24, 2.45) is 0 Å². The quantitative estimate of drug-likeness (QED) is 0.479. The van der Waals surface area contributed by atoms with E-state index in [2.05, 4.69) is 20.8 Å². The van der Waals surface area contributed by atoms with Crippen molar-refractivity contribution in [2.45, 2.75) is 51.0 Å². The van der Waals surface area contributed by atoms with Crippen LogP contribution in [0.5, 0.6) is 0 Å². The average molecular weight is 428 g/mol. The lowest BCUT2D eigenvalue weighted by molar-refractivity contribution is 0.411. The van der Waals surface area contributed by atoms with E-state index < -0.39 is 10.0 Å². The van der Waals surface area contributed by atoms with Crippen LogP contribution in [0.1, 0.15) is 42.3 Å². The largest absolute Gasteiger partial charge is 0.243 e. The molecule has 29 heavy (non-hydrogen) atoms. The zero-order valence-corrected chi connectivity index (χ0v) is 19.2. The molecule has 0 N–H and O–H groups in total. The summed E-state index contributed by atoms with van der Waals surface area (Å²) in [6.07, 6.45) is 0.685. The van der Waals surface area contributed by atoms with Gasteiger partial charge in [0, 0.05) is 18.0 Å². The molecular weight excluding hydrogens is 398 g/mol. The summed E-state index contributed by atoms with van der Waals surface area (Å²) >= 11 is 1.61. The van der Waals surface area contributed by atoms with Gasteiger partial charge < -0.3 is 0 Å². The van der Waals surface area contributed by atoms with Gasteiger partial charge in [0.25, 0.3) is 0 Å². The minimum atomic E-state index is -3.59. The minimum absolute atomic E-state index is 0.0105. The van der Waals surface area contributed by atoms with Crippen LogP contribution in [0.25, 0.3) is 0 Å². The Labute approximate surface area is 179 Å². The van der Waals surface area contributed by atoms with E-state index in [1.807, 2.05) is 60.8 Å². The van der Waals surface area contributed by atoms with Crippen LogP contribution >= 0.6 is 11.3 Å². The topological polar surface area (TPSA) is 37.4 Å². The normalized spacial score (nSPS) is 12.4. The van der Waals surface area contributed by atoms with E-state index in [-0.39, 0.29) is 5.41 Å². The Morgan fingerprint density at radius 3 is 2.14 bits per heavy atom. The Balaban J connectivity index is 1.89. The summed E-state index contributed by atoms with van der Waals surface area (Å²) in [5.41, 5.74) is 3.39. The number of hydrogen-bond acceptors (Lipinski definition) is 3. The molecule has 1 aromatic heterocycles. The van der Waals surface area contributed by atoms with Crippen molar-refractivity contribution in [3.8, 4) is 0 Å². The standard InChI is InChI=1S/C24H29NO2S2/c1-19-15-17-28-23(19)18-25(16-14-20-8-6-5-7-9-20)29(26,27)22-12-10-21(11-13-22)24(2,3)4/h5-13,15,17H,14,16,18H2,1-4H3. The molecule has 0 aliphatic carbocycles. The molecule has 0 amide bonds. The van der Waals surface area contributed by atoms with Crippen molar-refractivity contribution in [1.82, 2.24) is 4.31 Å². The van der Waals surface area contributed by atoms with Crippen molar-refractivity contribution in [2.75, 3.05) is 6.54 Å². The molecule has 3 rings (SSSR count). The summed E-state index contributed by atoms with van der Waals surface area (Å²) in [6, 6.07) is 19.4. The summed E-state index contributed by atoms with van der Waals surface area (Å²) in [5, 5.41) is 2.02. The summed E-state index contributed by atoms with van der Waals surface area (Å²) in [4.78, 5) is 1.45. The van der Waals surface area contributed by atoms with Gasteiger partial charge in [-0.1, -0.05) is 63.2 Å². The molecule has 0 saturated carbocycles. The molecule has 3 nitrogen and oxygen atoms in total. The highest BCUT2D eigenvalue weighted by molar-refractivity contribution is 7.89. The molecule has 0 aliphatic heterocycles. The van der Waals surface area contributed by atoms with Gasteiger partial charge in [0.15, 0.2) is 0 Å². The number of sulfonamides is 1. The van der Waals surface area contributed by atoms with E-state index in [4.69, 9.17) is 0 Å².